The van der Waals surface area contributed by atoms with Crippen LogP contribution in [0.3, 0.4) is 0 Å². The normalized spacial score (nSPS) is 12.2. The molecule has 3 aromatic rings. The second-order valence-electron chi connectivity index (χ2n) is 7.02. The Bertz CT molecular complexity index is 1010. The van der Waals surface area contributed by atoms with E-state index >= 15 is 0 Å². The summed E-state index contributed by atoms with van der Waals surface area (Å²) in [4.78, 5) is 26.1. The van der Waals surface area contributed by atoms with Crippen LogP contribution >= 0.6 is 0 Å². The van der Waals surface area contributed by atoms with Crippen LogP contribution in [0, 0.1) is 6.92 Å². The zero-order valence-corrected chi connectivity index (χ0v) is 16.3. The molecule has 5 nitrogen and oxygen atoms in total. The van der Waals surface area contributed by atoms with Gasteiger partial charge in [0.05, 0.1) is 11.7 Å². The number of benzene rings is 2. The van der Waals surface area contributed by atoms with Crippen molar-refractivity contribution in [2.45, 2.75) is 32.2 Å². The molecule has 0 aliphatic carbocycles. The second kappa shape index (κ2) is 8.86. The predicted molar refractivity (Wildman–Crippen MR) is 108 cm³/mol. The van der Waals surface area contributed by atoms with Gasteiger partial charge in [0.25, 0.3) is 17.9 Å². The van der Waals surface area contributed by atoms with E-state index in [0.717, 1.165) is 22.1 Å². The summed E-state index contributed by atoms with van der Waals surface area (Å²) >= 11 is 0. The Balaban J connectivity index is 1.77. The van der Waals surface area contributed by atoms with Gasteiger partial charge >= 0.3 is 0 Å². The van der Waals surface area contributed by atoms with Gasteiger partial charge in [0.1, 0.15) is 5.69 Å². The number of carbonyl (C=O) groups excluding carboxylic acids is 1. The first-order valence-corrected chi connectivity index (χ1v) is 9.35. The maximum absolute atomic E-state index is 13.6. The van der Waals surface area contributed by atoms with Crippen molar-refractivity contribution in [3.63, 3.8) is 0 Å². The summed E-state index contributed by atoms with van der Waals surface area (Å²) in [5.41, 5.74) is 2.07. The van der Waals surface area contributed by atoms with Gasteiger partial charge in [-0.25, -0.2) is 13.5 Å². The van der Waals surface area contributed by atoms with E-state index in [4.69, 9.17) is 0 Å². The molecule has 0 radical (unpaired) electrons. The van der Waals surface area contributed by atoms with Gasteiger partial charge in [-0.2, -0.15) is 0 Å². The molecular weight excluding hydrogens is 376 g/mol. The monoisotopic (exact) mass is 399 g/mol. The lowest BCUT2D eigenvalue weighted by molar-refractivity contribution is 0.0269. The Morgan fingerprint density at radius 1 is 1.10 bits per heavy atom. The number of aromatic amines is 1. The number of amides is 1. The predicted octanol–water partition coefficient (Wildman–Crippen LogP) is 3.81. The van der Waals surface area contributed by atoms with Crippen LogP contribution < -0.4 is 5.56 Å². The number of aryl methyl sites for hydroxylation is 2. The number of hydrogen-bond acceptors (Lipinski definition) is 2. The highest BCUT2D eigenvalue weighted by molar-refractivity contribution is 5.92. The Hall–Kier alpha value is -3.22. The number of nitrogens with zero attached hydrogens (tertiary/aromatic N) is 2. The zero-order valence-electron chi connectivity index (χ0n) is 16.3. The van der Waals surface area contributed by atoms with Crippen LogP contribution in [0.4, 0.5) is 8.78 Å². The molecule has 3 rings (SSSR count). The SMILES string of the molecule is Cc1ccc(-n2[nH]c(C(=O)N(C)[C@@H](CCc3ccccc3)C(F)F)cc2=O)cc1. The summed E-state index contributed by atoms with van der Waals surface area (Å²) in [6.07, 6.45) is -2.15. The molecule has 1 aromatic heterocycles. The number of H-pyrrole nitrogens is 1. The molecule has 152 valence electrons. The topological polar surface area (TPSA) is 58.1 Å². The zero-order chi connectivity index (χ0) is 21.0. The quantitative estimate of drug-likeness (QED) is 0.657. The maximum atomic E-state index is 13.6. The van der Waals surface area contributed by atoms with Crippen LogP contribution in [0.2, 0.25) is 0 Å². The lowest BCUT2D eigenvalue weighted by Crippen LogP contribution is -2.42. The fourth-order valence-electron chi connectivity index (χ4n) is 3.18. The highest BCUT2D eigenvalue weighted by Crippen LogP contribution is 2.18. The van der Waals surface area contributed by atoms with Gasteiger partial charge in [-0.3, -0.25) is 14.7 Å². The van der Waals surface area contributed by atoms with Crippen LogP contribution in [0.5, 0.6) is 0 Å². The van der Waals surface area contributed by atoms with E-state index in [0.29, 0.717) is 12.1 Å². The number of halogens is 2. The lowest BCUT2D eigenvalue weighted by Gasteiger charge is -2.27. The smallest absolute Gasteiger partial charge is 0.272 e. The fourth-order valence-corrected chi connectivity index (χ4v) is 3.18. The Morgan fingerprint density at radius 2 is 1.76 bits per heavy atom. The average molecular weight is 399 g/mol. The molecule has 0 bridgehead atoms. The van der Waals surface area contributed by atoms with Crippen molar-refractivity contribution in [3.8, 4) is 5.69 Å². The van der Waals surface area contributed by atoms with Crippen LogP contribution in [-0.2, 0) is 6.42 Å². The first-order valence-electron chi connectivity index (χ1n) is 9.35. The number of nitrogens with one attached hydrogen (secondary N) is 1. The molecule has 2 aromatic carbocycles. The first-order chi connectivity index (χ1) is 13.9. The number of hydrogen-bond donors (Lipinski definition) is 1. The van der Waals surface area contributed by atoms with Crippen molar-refractivity contribution in [2.75, 3.05) is 7.05 Å². The minimum absolute atomic E-state index is 0.0246. The summed E-state index contributed by atoms with van der Waals surface area (Å²) in [5.74, 6) is -0.647. The van der Waals surface area contributed by atoms with Gasteiger partial charge in [-0.05, 0) is 37.5 Å². The van der Waals surface area contributed by atoms with Gasteiger partial charge in [-0.15, -0.1) is 0 Å². The number of rotatable bonds is 7. The molecule has 1 heterocycles. The molecule has 0 saturated carbocycles. The third kappa shape index (κ3) is 4.80. The molecule has 0 spiro atoms. The maximum Gasteiger partial charge on any atom is 0.272 e. The summed E-state index contributed by atoms with van der Waals surface area (Å²) in [7, 11) is 1.34. The van der Waals surface area contributed by atoms with Crippen molar-refractivity contribution < 1.29 is 13.6 Å². The summed E-state index contributed by atoms with van der Waals surface area (Å²) in [6.45, 7) is 1.92. The molecule has 0 fully saturated rings. The minimum Gasteiger partial charge on any atom is -0.332 e. The van der Waals surface area contributed by atoms with Gasteiger partial charge < -0.3 is 4.90 Å². The van der Waals surface area contributed by atoms with E-state index in [2.05, 4.69) is 5.10 Å². The third-order valence-electron chi connectivity index (χ3n) is 4.92. The van der Waals surface area contributed by atoms with Crippen LogP contribution in [-0.4, -0.2) is 40.1 Å². The average Bonchev–Trinajstić information content (AvgIpc) is 3.10. The highest BCUT2D eigenvalue weighted by atomic mass is 19.3. The second-order valence-corrected chi connectivity index (χ2v) is 7.02. The van der Waals surface area contributed by atoms with Gasteiger partial charge in [0.15, 0.2) is 0 Å². The van der Waals surface area contributed by atoms with Crippen LogP contribution in [0.15, 0.2) is 65.5 Å². The van der Waals surface area contributed by atoms with Gasteiger partial charge in [-0.1, -0.05) is 48.0 Å². The number of aromatic nitrogens is 2. The van der Waals surface area contributed by atoms with E-state index in [9.17, 15) is 18.4 Å². The van der Waals surface area contributed by atoms with Crippen molar-refractivity contribution in [1.82, 2.24) is 14.7 Å². The minimum atomic E-state index is -2.70. The standard InChI is InChI=1S/C22H23F2N3O2/c1-15-8-11-17(12-9-15)27-20(28)14-18(25-27)22(29)26(2)19(21(23)24)13-10-16-6-4-3-5-7-16/h3-9,11-12,14,19,21,25H,10,13H2,1-2H3/t19-/m0/s1. The van der Waals surface area contributed by atoms with Crippen molar-refractivity contribution in [2.24, 2.45) is 0 Å². The summed E-state index contributed by atoms with van der Waals surface area (Å²) < 4.78 is 28.5. The highest BCUT2D eigenvalue weighted by Gasteiger charge is 2.29. The molecule has 29 heavy (non-hydrogen) atoms. The number of carbonyl (C=O) groups is 1. The molecule has 0 aliphatic heterocycles. The molecule has 0 aliphatic rings. The molecule has 1 amide bonds. The third-order valence-corrected chi connectivity index (χ3v) is 4.92. The summed E-state index contributed by atoms with van der Waals surface area (Å²) in [5, 5.41) is 2.73. The van der Waals surface area contributed by atoms with Gasteiger partial charge in [0.2, 0.25) is 0 Å². The van der Waals surface area contributed by atoms with E-state index < -0.39 is 23.9 Å². The fraction of sp³-hybridized carbons (Fsp3) is 0.273. The first kappa shape index (κ1) is 20.5. The van der Waals surface area contributed by atoms with E-state index in [1.165, 1.54) is 11.7 Å². The molecular formula is C22H23F2N3O2. The lowest BCUT2D eigenvalue weighted by atomic mass is 10.0. The van der Waals surface area contributed by atoms with Gasteiger partial charge in [0, 0.05) is 13.1 Å². The number of alkyl halides is 2. The van der Waals surface area contributed by atoms with Crippen LogP contribution in [0.1, 0.15) is 28.0 Å². The van der Waals surface area contributed by atoms with Crippen molar-refractivity contribution in [3.05, 3.63) is 87.8 Å². The van der Waals surface area contributed by atoms with Crippen molar-refractivity contribution >= 4 is 5.91 Å². The van der Waals surface area contributed by atoms with E-state index in [1.807, 2.05) is 49.4 Å². The largest absolute Gasteiger partial charge is 0.332 e. The molecule has 0 unspecified atom stereocenters. The Kier molecular flexibility index (Phi) is 6.26. The molecule has 1 atom stereocenters. The van der Waals surface area contributed by atoms with E-state index in [-0.39, 0.29) is 12.1 Å². The van der Waals surface area contributed by atoms with E-state index in [1.54, 1.807) is 12.1 Å². The molecule has 7 heteroatoms. The summed E-state index contributed by atoms with van der Waals surface area (Å²) in [6, 6.07) is 16.3. The molecule has 1 N–H and O–H groups in total. The Labute approximate surface area is 167 Å². The Morgan fingerprint density at radius 3 is 2.38 bits per heavy atom. The molecule has 0 saturated heterocycles. The van der Waals surface area contributed by atoms with Crippen LogP contribution in [0.25, 0.3) is 5.69 Å². The van der Waals surface area contributed by atoms with Crippen molar-refractivity contribution in [1.29, 1.82) is 0 Å².